The number of hydrogen-bond acceptors (Lipinski definition) is 4. The van der Waals surface area contributed by atoms with Gasteiger partial charge < -0.3 is 14.5 Å². The van der Waals surface area contributed by atoms with Crippen molar-refractivity contribution in [3.05, 3.63) is 71.3 Å². The summed E-state index contributed by atoms with van der Waals surface area (Å²) in [6.07, 6.45) is 0. The van der Waals surface area contributed by atoms with Gasteiger partial charge in [0.05, 0.1) is 26.3 Å². The standard InChI is InChI=1S/C24H29N3O3/c1-25(17-23(28)26-11-13-30-14-12-26)18-24(29)27-15-20-9-5-6-10-21(20)22(16-27)19-7-3-2-4-8-19/h2-10,22H,11-18H2,1H3. The van der Waals surface area contributed by atoms with Crippen molar-refractivity contribution < 1.29 is 14.3 Å². The van der Waals surface area contributed by atoms with Crippen molar-refractivity contribution in [2.45, 2.75) is 12.5 Å². The van der Waals surface area contributed by atoms with Crippen LogP contribution in [0, 0.1) is 0 Å². The molecule has 2 heterocycles. The van der Waals surface area contributed by atoms with E-state index >= 15 is 0 Å². The zero-order valence-electron chi connectivity index (χ0n) is 17.5. The summed E-state index contributed by atoms with van der Waals surface area (Å²) < 4.78 is 5.31. The Hall–Kier alpha value is -2.70. The fourth-order valence-electron chi connectivity index (χ4n) is 4.30. The van der Waals surface area contributed by atoms with Crippen molar-refractivity contribution in [3.8, 4) is 0 Å². The molecule has 2 aromatic carbocycles. The van der Waals surface area contributed by atoms with E-state index in [-0.39, 0.29) is 30.8 Å². The fourth-order valence-corrected chi connectivity index (χ4v) is 4.30. The predicted octanol–water partition coefficient (Wildman–Crippen LogP) is 1.95. The average molecular weight is 408 g/mol. The van der Waals surface area contributed by atoms with Gasteiger partial charge in [0.1, 0.15) is 0 Å². The molecule has 1 atom stereocenters. The van der Waals surface area contributed by atoms with Gasteiger partial charge in [-0.1, -0.05) is 54.6 Å². The molecule has 4 rings (SSSR count). The molecule has 0 aliphatic carbocycles. The van der Waals surface area contributed by atoms with E-state index in [1.807, 2.05) is 46.0 Å². The van der Waals surface area contributed by atoms with Gasteiger partial charge in [-0.05, 0) is 23.7 Å². The predicted molar refractivity (Wildman–Crippen MR) is 115 cm³/mol. The molecule has 6 heteroatoms. The van der Waals surface area contributed by atoms with Crippen LogP contribution in [0.1, 0.15) is 22.6 Å². The second-order valence-corrected chi connectivity index (χ2v) is 8.10. The number of carbonyl (C=O) groups is 2. The Labute approximate surface area is 178 Å². The number of hydrogen-bond donors (Lipinski definition) is 0. The first-order valence-corrected chi connectivity index (χ1v) is 10.6. The SMILES string of the molecule is CN(CC(=O)N1CCOCC1)CC(=O)N1Cc2ccccc2C(c2ccccc2)C1. The second kappa shape index (κ2) is 9.41. The number of nitrogens with zero attached hydrogens (tertiary/aromatic N) is 3. The van der Waals surface area contributed by atoms with E-state index < -0.39 is 0 Å². The molecule has 0 radical (unpaired) electrons. The Bertz CT molecular complexity index is 880. The lowest BCUT2D eigenvalue weighted by atomic mass is 9.84. The Kier molecular flexibility index (Phi) is 6.45. The fraction of sp³-hybridized carbons (Fsp3) is 0.417. The number of likely N-dealkylation sites (N-methyl/N-ethyl adjacent to an activating group) is 1. The monoisotopic (exact) mass is 407 g/mol. The third-order valence-electron chi connectivity index (χ3n) is 5.92. The lowest BCUT2D eigenvalue weighted by Crippen LogP contribution is -2.48. The van der Waals surface area contributed by atoms with Crippen LogP contribution in [-0.4, -0.2) is 79.5 Å². The summed E-state index contributed by atoms with van der Waals surface area (Å²) >= 11 is 0. The summed E-state index contributed by atoms with van der Waals surface area (Å²) in [7, 11) is 1.84. The number of fused-ring (bicyclic) bond motifs is 1. The molecule has 0 N–H and O–H groups in total. The molecule has 0 saturated carbocycles. The van der Waals surface area contributed by atoms with Crippen molar-refractivity contribution in [1.82, 2.24) is 14.7 Å². The van der Waals surface area contributed by atoms with Crippen LogP contribution in [0.15, 0.2) is 54.6 Å². The normalized spacial score (nSPS) is 18.9. The summed E-state index contributed by atoms with van der Waals surface area (Å²) in [6, 6.07) is 18.7. The van der Waals surface area contributed by atoms with Crippen LogP contribution in [-0.2, 0) is 20.9 Å². The maximum atomic E-state index is 13.1. The molecule has 2 aliphatic rings. The van der Waals surface area contributed by atoms with Crippen LogP contribution in [0.2, 0.25) is 0 Å². The zero-order valence-corrected chi connectivity index (χ0v) is 17.5. The van der Waals surface area contributed by atoms with Crippen molar-refractivity contribution in [1.29, 1.82) is 0 Å². The summed E-state index contributed by atoms with van der Waals surface area (Å²) in [5.74, 6) is 0.280. The number of benzene rings is 2. The Morgan fingerprint density at radius 1 is 0.933 bits per heavy atom. The van der Waals surface area contributed by atoms with E-state index in [1.165, 1.54) is 16.7 Å². The first kappa shape index (κ1) is 20.6. The molecule has 0 spiro atoms. The van der Waals surface area contributed by atoms with E-state index in [4.69, 9.17) is 4.74 Å². The minimum absolute atomic E-state index is 0.0553. The van der Waals surface area contributed by atoms with Crippen molar-refractivity contribution >= 4 is 11.8 Å². The van der Waals surface area contributed by atoms with Gasteiger partial charge in [-0.25, -0.2) is 0 Å². The third-order valence-corrected chi connectivity index (χ3v) is 5.92. The zero-order chi connectivity index (χ0) is 20.9. The highest BCUT2D eigenvalue weighted by atomic mass is 16.5. The highest BCUT2D eigenvalue weighted by molar-refractivity contribution is 5.81. The second-order valence-electron chi connectivity index (χ2n) is 8.10. The molecule has 1 saturated heterocycles. The summed E-state index contributed by atoms with van der Waals surface area (Å²) in [5, 5.41) is 0. The van der Waals surface area contributed by atoms with E-state index in [0.717, 1.165) is 0 Å². The maximum absolute atomic E-state index is 13.1. The smallest absolute Gasteiger partial charge is 0.237 e. The molecule has 6 nitrogen and oxygen atoms in total. The highest BCUT2D eigenvalue weighted by Gasteiger charge is 2.29. The number of morpholine rings is 1. The van der Waals surface area contributed by atoms with Crippen LogP contribution in [0.4, 0.5) is 0 Å². The minimum Gasteiger partial charge on any atom is -0.378 e. The molecule has 158 valence electrons. The third kappa shape index (κ3) is 4.71. The molecule has 0 aromatic heterocycles. The van der Waals surface area contributed by atoms with E-state index in [1.54, 1.807) is 0 Å². The van der Waals surface area contributed by atoms with Gasteiger partial charge >= 0.3 is 0 Å². The van der Waals surface area contributed by atoms with Crippen LogP contribution < -0.4 is 0 Å². The molecular weight excluding hydrogens is 378 g/mol. The molecule has 2 amide bonds. The topological polar surface area (TPSA) is 53.1 Å². The van der Waals surface area contributed by atoms with Gasteiger partial charge in [-0.2, -0.15) is 0 Å². The van der Waals surface area contributed by atoms with Gasteiger partial charge in [0.15, 0.2) is 0 Å². The number of amides is 2. The number of carbonyl (C=O) groups excluding carboxylic acids is 2. The van der Waals surface area contributed by atoms with Crippen LogP contribution in [0.5, 0.6) is 0 Å². The lowest BCUT2D eigenvalue weighted by molar-refractivity contribution is -0.138. The van der Waals surface area contributed by atoms with Crippen molar-refractivity contribution in [2.24, 2.45) is 0 Å². The van der Waals surface area contributed by atoms with E-state index in [9.17, 15) is 9.59 Å². The molecule has 0 bridgehead atoms. The van der Waals surface area contributed by atoms with Crippen molar-refractivity contribution in [3.63, 3.8) is 0 Å². The lowest BCUT2D eigenvalue weighted by Gasteiger charge is -2.36. The number of rotatable bonds is 5. The maximum Gasteiger partial charge on any atom is 0.237 e. The van der Waals surface area contributed by atoms with Gasteiger partial charge in [0.25, 0.3) is 0 Å². The largest absolute Gasteiger partial charge is 0.378 e. The minimum atomic E-state index is 0.0553. The van der Waals surface area contributed by atoms with Gasteiger partial charge in [0, 0.05) is 32.1 Å². The molecule has 2 aromatic rings. The molecule has 30 heavy (non-hydrogen) atoms. The summed E-state index contributed by atoms with van der Waals surface area (Å²) in [5.41, 5.74) is 3.71. The molecular formula is C24H29N3O3. The Balaban J connectivity index is 1.42. The van der Waals surface area contributed by atoms with E-state index in [0.29, 0.717) is 39.4 Å². The molecule has 1 unspecified atom stereocenters. The van der Waals surface area contributed by atoms with Gasteiger partial charge in [-0.15, -0.1) is 0 Å². The summed E-state index contributed by atoms with van der Waals surface area (Å²) in [6.45, 7) is 4.18. The summed E-state index contributed by atoms with van der Waals surface area (Å²) in [4.78, 5) is 31.1. The van der Waals surface area contributed by atoms with Crippen LogP contribution in [0.3, 0.4) is 0 Å². The molecule has 1 fully saturated rings. The quantitative estimate of drug-likeness (QED) is 0.760. The first-order valence-electron chi connectivity index (χ1n) is 10.6. The van der Waals surface area contributed by atoms with E-state index in [2.05, 4.69) is 30.3 Å². The average Bonchev–Trinajstić information content (AvgIpc) is 2.79. The van der Waals surface area contributed by atoms with Gasteiger partial charge in [0.2, 0.25) is 11.8 Å². The number of ether oxygens (including phenoxy) is 1. The Morgan fingerprint density at radius 3 is 2.30 bits per heavy atom. The van der Waals surface area contributed by atoms with Crippen molar-refractivity contribution in [2.75, 3.05) is 53.0 Å². The highest BCUT2D eigenvalue weighted by Crippen LogP contribution is 2.33. The van der Waals surface area contributed by atoms with Crippen LogP contribution in [0.25, 0.3) is 0 Å². The first-order chi connectivity index (χ1) is 14.6. The van der Waals surface area contributed by atoms with Gasteiger partial charge in [-0.3, -0.25) is 14.5 Å². The van der Waals surface area contributed by atoms with Crippen LogP contribution >= 0.6 is 0 Å². The molecule has 2 aliphatic heterocycles. The Morgan fingerprint density at radius 2 is 1.57 bits per heavy atom.